The summed E-state index contributed by atoms with van der Waals surface area (Å²) in [6.07, 6.45) is 2.58. The third-order valence-electron chi connectivity index (χ3n) is 6.23. The molecule has 0 bridgehead atoms. The SMILES string of the molecule is C=C1C(=O)O[C@H]2C1[C@H](OC(=O)/C(C)=C/CO)C[C@]1(C)C2C(C)=CC[C@H]1O. The van der Waals surface area contributed by atoms with Crippen LogP contribution in [0.3, 0.4) is 0 Å². The van der Waals surface area contributed by atoms with Crippen molar-refractivity contribution in [1.29, 1.82) is 0 Å². The molecule has 2 unspecified atom stereocenters. The third kappa shape index (κ3) is 2.81. The molecular formula is C20H26O6. The molecule has 2 fully saturated rings. The normalized spacial score (nSPS) is 39.7. The van der Waals surface area contributed by atoms with E-state index >= 15 is 0 Å². The number of esters is 2. The number of fused-ring (bicyclic) bond motifs is 3. The highest BCUT2D eigenvalue weighted by Gasteiger charge is 2.61. The molecule has 142 valence electrons. The second-order valence-corrected chi connectivity index (χ2v) is 7.82. The summed E-state index contributed by atoms with van der Waals surface area (Å²) in [4.78, 5) is 24.5. The second kappa shape index (κ2) is 6.67. The van der Waals surface area contributed by atoms with E-state index in [-0.39, 0.29) is 12.5 Å². The largest absolute Gasteiger partial charge is 0.458 e. The fraction of sp³-hybridized carbons (Fsp3) is 0.600. The summed E-state index contributed by atoms with van der Waals surface area (Å²) in [5.41, 5.74) is 1.13. The molecule has 6 heteroatoms. The number of carbonyl (C=O) groups is 2. The number of aliphatic hydroxyl groups is 2. The minimum Gasteiger partial charge on any atom is -0.458 e. The monoisotopic (exact) mass is 362 g/mol. The zero-order chi connectivity index (χ0) is 19.2. The van der Waals surface area contributed by atoms with Gasteiger partial charge in [0.2, 0.25) is 0 Å². The fourth-order valence-electron chi connectivity index (χ4n) is 4.76. The first-order chi connectivity index (χ1) is 12.2. The van der Waals surface area contributed by atoms with Gasteiger partial charge in [-0.25, -0.2) is 9.59 Å². The van der Waals surface area contributed by atoms with E-state index in [9.17, 15) is 14.7 Å². The number of hydrogen-bond acceptors (Lipinski definition) is 6. The van der Waals surface area contributed by atoms with Gasteiger partial charge in [0.15, 0.2) is 0 Å². The van der Waals surface area contributed by atoms with Crippen LogP contribution in [0.15, 0.2) is 35.5 Å². The minimum atomic E-state index is -0.615. The highest BCUT2D eigenvalue weighted by atomic mass is 16.6. The lowest BCUT2D eigenvalue weighted by Gasteiger charge is -2.53. The highest BCUT2D eigenvalue weighted by molar-refractivity contribution is 5.92. The molecule has 0 spiro atoms. The average Bonchev–Trinajstić information content (AvgIpc) is 2.86. The fourth-order valence-corrected chi connectivity index (χ4v) is 4.76. The van der Waals surface area contributed by atoms with E-state index in [2.05, 4.69) is 6.58 Å². The molecule has 6 atom stereocenters. The van der Waals surface area contributed by atoms with Crippen LogP contribution in [0.5, 0.6) is 0 Å². The molecule has 6 nitrogen and oxygen atoms in total. The molecule has 0 amide bonds. The van der Waals surface area contributed by atoms with Crippen LogP contribution in [0.4, 0.5) is 0 Å². The van der Waals surface area contributed by atoms with Gasteiger partial charge in [0.1, 0.15) is 12.2 Å². The van der Waals surface area contributed by atoms with Gasteiger partial charge in [0.25, 0.3) is 0 Å². The summed E-state index contributed by atoms with van der Waals surface area (Å²) in [5, 5.41) is 19.7. The van der Waals surface area contributed by atoms with Gasteiger partial charge in [-0.05, 0) is 32.8 Å². The summed E-state index contributed by atoms with van der Waals surface area (Å²) in [7, 11) is 0. The summed E-state index contributed by atoms with van der Waals surface area (Å²) in [5.74, 6) is -1.58. The maximum atomic E-state index is 12.4. The molecule has 0 aromatic heterocycles. The van der Waals surface area contributed by atoms with Gasteiger partial charge in [-0.3, -0.25) is 0 Å². The van der Waals surface area contributed by atoms with Crippen molar-refractivity contribution in [3.05, 3.63) is 35.5 Å². The highest BCUT2D eigenvalue weighted by Crippen LogP contribution is 2.56. The van der Waals surface area contributed by atoms with Gasteiger partial charge in [0, 0.05) is 22.5 Å². The van der Waals surface area contributed by atoms with Crippen molar-refractivity contribution in [2.45, 2.75) is 51.9 Å². The molecule has 26 heavy (non-hydrogen) atoms. The summed E-state index contributed by atoms with van der Waals surface area (Å²) in [6, 6.07) is 0. The summed E-state index contributed by atoms with van der Waals surface area (Å²) < 4.78 is 11.3. The first-order valence-corrected chi connectivity index (χ1v) is 8.93. The zero-order valence-corrected chi connectivity index (χ0v) is 15.4. The lowest BCUT2D eigenvalue weighted by Crippen LogP contribution is -2.57. The lowest BCUT2D eigenvalue weighted by atomic mass is 9.54. The molecule has 1 heterocycles. The Bertz CT molecular complexity index is 705. The van der Waals surface area contributed by atoms with E-state index in [1.807, 2.05) is 19.9 Å². The van der Waals surface area contributed by atoms with E-state index in [0.717, 1.165) is 5.57 Å². The van der Waals surface area contributed by atoms with E-state index in [0.29, 0.717) is 24.0 Å². The van der Waals surface area contributed by atoms with Crippen molar-refractivity contribution < 1.29 is 29.3 Å². The average molecular weight is 362 g/mol. The molecule has 2 aliphatic carbocycles. The first-order valence-electron chi connectivity index (χ1n) is 8.93. The van der Waals surface area contributed by atoms with Crippen molar-refractivity contribution in [2.75, 3.05) is 6.61 Å². The Labute approximate surface area is 153 Å². The first kappa shape index (κ1) is 18.9. The van der Waals surface area contributed by atoms with Crippen molar-refractivity contribution in [3.63, 3.8) is 0 Å². The number of carbonyl (C=O) groups excluding carboxylic acids is 2. The molecule has 1 aliphatic heterocycles. The van der Waals surface area contributed by atoms with Gasteiger partial charge in [-0.1, -0.05) is 25.2 Å². The van der Waals surface area contributed by atoms with Crippen LogP contribution in [0.2, 0.25) is 0 Å². The third-order valence-corrected chi connectivity index (χ3v) is 6.23. The van der Waals surface area contributed by atoms with E-state index in [1.165, 1.54) is 6.08 Å². The Hall–Kier alpha value is -1.92. The summed E-state index contributed by atoms with van der Waals surface area (Å²) in [6.45, 7) is 9.12. The van der Waals surface area contributed by atoms with Crippen LogP contribution in [0, 0.1) is 17.3 Å². The van der Waals surface area contributed by atoms with Gasteiger partial charge in [-0.2, -0.15) is 0 Å². The van der Waals surface area contributed by atoms with Crippen molar-refractivity contribution in [3.8, 4) is 0 Å². The molecular weight excluding hydrogens is 336 g/mol. The van der Waals surface area contributed by atoms with Crippen LogP contribution < -0.4 is 0 Å². The van der Waals surface area contributed by atoms with Crippen LogP contribution in [0.25, 0.3) is 0 Å². The van der Waals surface area contributed by atoms with E-state index < -0.39 is 41.6 Å². The van der Waals surface area contributed by atoms with Gasteiger partial charge >= 0.3 is 11.9 Å². The maximum Gasteiger partial charge on any atom is 0.334 e. The molecule has 0 aromatic rings. The van der Waals surface area contributed by atoms with Crippen molar-refractivity contribution in [1.82, 2.24) is 0 Å². The van der Waals surface area contributed by atoms with Gasteiger partial charge in [0.05, 0.1) is 18.6 Å². The Morgan fingerprint density at radius 3 is 2.88 bits per heavy atom. The van der Waals surface area contributed by atoms with Crippen LogP contribution in [0.1, 0.15) is 33.6 Å². The number of ether oxygens (including phenoxy) is 2. The minimum absolute atomic E-state index is 0.136. The van der Waals surface area contributed by atoms with Crippen LogP contribution >= 0.6 is 0 Å². The Morgan fingerprint density at radius 1 is 1.54 bits per heavy atom. The number of hydrogen-bond donors (Lipinski definition) is 2. The Balaban J connectivity index is 1.97. The zero-order valence-electron chi connectivity index (χ0n) is 15.4. The molecule has 0 aromatic carbocycles. The van der Waals surface area contributed by atoms with Crippen LogP contribution in [-0.4, -0.2) is 47.1 Å². The number of aliphatic hydroxyl groups excluding tert-OH is 2. The molecule has 1 saturated heterocycles. The maximum absolute atomic E-state index is 12.4. The quantitative estimate of drug-likeness (QED) is 0.451. The van der Waals surface area contributed by atoms with Crippen LogP contribution in [-0.2, 0) is 19.1 Å². The lowest BCUT2D eigenvalue weighted by molar-refractivity contribution is -0.172. The van der Waals surface area contributed by atoms with Crippen molar-refractivity contribution >= 4 is 11.9 Å². The van der Waals surface area contributed by atoms with Gasteiger partial charge < -0.3 is 19.7 Å². The smallest absolute Gasteiger partial charge is 0.334 e. The van der Waals surface area contributed by atoms with Crippen molar-refractivity contribution in [2.24, 2.45) is 17.3 Å². The standard InChI is InChI=1S/C20H26O6/c1-10-5-6-14(22)20(4)9-13(25-18(23)11(2)7-8-21)15-12(3)19(24)26-17(15)16(10)20/h5,7,13-17,21-22H,3,6,8-9H2,1-2,4H3/b11-7+/t13-,14-,15?,16?,17+,20+/m1/s1. The molecule has 3 rings (SSSR count). The predicted molar refractivity (Wildman–Crippen MR) is 93.8 cm³/mol. The Kier molecular flexibility index (Phi) is 4.84. The second-order valence-electron chi connectivity index (χ2n) is 7.82. The predicted octanol–water partition coefficient (Wildman–Crippen LogP) is 1.67. The number of rotatable bonds is 3. The molecule has 2 N–H and O–H groups in total. The van der Waals surface area contributed by atoms with Gasteiger partial charge in [-0.15, -0.1) is 0 Å². The molecule has 3 aliphatic rings. The summed E-state index contributed by atoms with van der Waals surface area (Å²) >= 11 is 0. The molecule has 0 radical (unpaired) electrons. The molecule has 1 saturated carbocycles. The van der Waals surface area contributed by atoms with E-state index in [1.54, 1.807) is 6.92 Å². The Morgan fingerprint density at radius 2 is 2.23 bits per heavy atom. The topological polar surface area (TPSA) is 93.1 Å². The van der Waals surface area contributed by atoms with E-state index in [4.69, 9.17) is 14.6 Å².